The summed E-state index contributed by atoms with van der Waals surface area (Å²) in [5.41, 5.74) is 0.824. The Bertz CT molecular complexity index is 838. The molecule has 0 atom stereocenters. The van der Waals surface area contributed by atoms with Crippen molar-refractivity contribution in [3.63, 3.8) is 0 Å². The van der Waals surface area contributed by atoms with E-state index in [9.17, 15) is 19.7 Å². The number of nitrogens with zero attached hydrogens (tertiary/aromatic N) is 4. The third-order valence-electron chi connectivity index (χ3n) is 4.73. The van der Waals surface area contributed by atoms with Crippen LogP contribution >= 0.6 is 0 Å². The summed E-state index contributed by atoms with van der Waals surface area (Å²) in [6.45, 7) is 1.86. The van der Waals surface area contributed by atoms with Crippen molar-refractivity contribution in [2.45, 2.75) is 32.1 Å². The summed E-state index contributed by atoms with van der Waals surface area (Å²) >= 11 is 0. The van der Waals surface area contributed by atoms with Gasteiger partial charge in [0.2, 0.25) is 5.91 Å². The predicted octanol–water partition coefficient (Wildman–Crippen LogP) is 2.30. The number of likely N-dealkylation sites (tertiary alicyclic amines) is 1. The molecule has 1 aliphatic rings. The topological polar surface area (TPSA) is 110 Å². The fraction of sp³-hybridized carbons (Fsp3) is 0.421. The molecule has 9 nitrogen and oxygen atoms in total. The number of aromatic nitrogens is 2. The second-order valence-corrected chi connectivity index (χ2v) is 6.72. The maximum Gasteiger partial charge on any atom is 0.271 e. The van der Waals surface area contributed by atoms with Crippen molar-refractivity contribution in [3.05, 3.63) is 52.3 Å². The summed E-state index contributed by atoms with van der Waals surface area (Å²) in [7, 11) is 0. The van der Waals surface area contributed by atoms with Crippen LogP contribution in [0.2, 0.25) is 0 Å². The van der Waals surface area contributed by atoms with Gasteiger partial charge in [-0.1, -0.05) is 12.8 Å². The summed E-state index contributed by atoms with van der Waals surface area (Å²) in [4.78, 5) is 36.6. The number of non-ortho nitro benzene ring substituents is 1. The average molecular weight is 385 g/mol. The van der Waals surface area contributed by atoms with Crippen molar-refractivity contribution in [2.75, 3.05) is 19.6 Å². The zero-order chi connectivity index (χ0) is 19.9. The highest BCUT2D eigenvalue weighted by Gasteiger charge is 2.16. The first-order valence-corrected chi connectivity index (χ1v) is 9.41. The van der Waals surface area contributed by atoms with E-state index < -0.39 is 4.92 Å². The molecule has 1 aromatic carbocycles. The maximum absolute atomic E-state index is 12.2. The molecule has 0 spiro atoms. The van der Waals surface area contributed by atoms with Crippen LogP contribution in [-0.2, 0) is 4.79 Å². The highest BCUT2D eigenvalue weighted by molar-refractivity contribution is 5.92. The lowest BCUT2D eigenvalue weighted by atomic mass is 10.2. The summed E-state index contributed by atoms with van der Waals surface area (Å²) in [6, 6.07) is 7.45. The van der Waals surface area contributed by atoms with Gasteiger partial charge in [0.05, 0.1) is 10.6 Å². The van der Waals surface area contributed by atoms with Crippen LogP contribution in [0.1, 0.15) is 42.6 Å². The molecular weight excluding hydrogens is 362 g/mol. The first-order valence-electron chi connectivity index (χ1n) is 9.41. The number of amides is 2. The van der Waals surface area contributed by atoms with Gasteiger partial charge in [-0.2, -0.15) is 5.10 Å². The fourth-order valence-electron chi connectivity index (χ4n) is 3.17. The number of rotatable bonds is 6. The largest absolute Gasteiger partial charge is 0.350 e. The molecule has 1 aliphatic heterocycles. The van der Waals surface area contributed by atoms with E-state index in [0.29, 0.717) is 5.69 Å². The first kappa shape index (κ1) is 19.5. The van der Waals surface area contributed by atoms with Gasteiger partial charge in [-0.3, -0.25) is 19.7 Å². The zero-order valence-corrected chi connectivity index (χ0v) is 15.5. The second kappa shape index (κ2) is 9.12. The molecule has 3 rings (SSSR count). The van der Waals surface area contributed by atoms with Crippen LogP contribution in [0, 0.1) is 10.1 Å². The molecule has 148 valence electrons. The van der Waals surface area contributed by atoms with Crippen LogP contribution in [0.5, 0.6) is 0 Å². The first-order chi connectivity index (χ1) is 13.5. The highest BCUT2D eigenvalue weighted by Crippen LogP contribution is 2.15. The molecular formula is C19H23N5O4. The lowest BCUT2D eigenvalue weighted by Crippen LogP contribution is -2.35. The van der Waals surface area contributed by atoms with Crippen LogP contribution in [-0.4, -0.2) is 51.1 Å². The molecule has 0 bridgehead atoms. The SMILES string of the molecule is O=C(NCCC(=O)N1CCCCCC1)c1ccn(-c2ccc([N+](=O)[O-])cc2)n1. The summed E-state index contributed by atoms with van der Waals surface area (Å²) in [5, 5.41) is 17.6. The smallest absolute Gasteiger partial charge is 0.271 e. The van der Waals surface area contributed by atoms with Gasteiger partial charge in [0, 0.05) is 44.4 Å². The van der Waals surface area contributed by atoms with Crippen LogP contribution in [0.15, 0.2) is 36.5 Å². The van der Waals surface area contributed by atoms with E-state index in [0.717, 1.165) is 38.8 Å². The van der Waals surface area contributed by atoms with Crippen molar-refractivity contribution in [1.29, 1.82) is 0 Å². The quantitative estimate of drug-likeness (QED) is 0.606. The molecule has 1 saturated heterocycles. The molecule has 9 heteroatoms. The van der Waals surface area contributed by atoms with Crippen molar-refractivity contribution in [2.24, 2.45) is 0 Å². The number of nitro groups is 1. The number of carbonyl (C=O) groups is 2. The van der Waals surface area contributed by atoms with E-state index >= 15 is 0 Å². The molecule has 0 unspecified atom stereocenters. The van der Waals surface area contributed by atoms with Gasteiger partial charge in [-0.15, -0.1) is 0 Å². The van der Waals surface area contributed by atoms with Crippen LogP contribution < -0.4 is 5.32 Å². The molecule has 1 aromatic heterocycles. The third kappa shape index (κ3) is 4.93. The molecule has 0 radical (unpaired) electrons. The summed E-state index contributed by atoms with van der Waals surface area (Å²) in [6.07, 6.45) is 6.29. The monoisotopic (exact) mass is 385 g/mol. The minimum absolute atomic E-state index is 0.0112. The predicted molar refractivity (Wildman–Crippen MR) is 102 cm³/mol. The minimum atomic E-state index is -0.474. The lowest BCUT2D eigenvalue weighted by molar-refractivity contribution is -0.384. The number of benzene rings is 1. The van der Waals surface area contributed by atoms with Gasteiger partial charge in [0.15, 0.2) is 5.69 Å². The Morgan fingerprint density at radius 1 is 1.07 bits per heavy atom. The Labute approximate surface area is 162 Å². The van der Waals surface area contributed by atoms with E-state index in [1.54, 1.807) is 24.4 Å². The van der Waals surface area contributed by atoms with Gasteiger partial charge in [0.1, 0.15) is 0 Å². The standard InChI is InChI=1S/C19H23N5O4/c25-18(22-12-3-1-2-4-13-22)9-11-20-19(26)17-10-14-23(21-17)15-5-7-16(8-6-15)24(27)28/h5-8,10,14H,1-4,9,11-13H2,(H,20,26). The van der Waals surface area contributed by atoms with Crippen LogP contribution in [0.25, 0.3) is 5.69 Å². The zero-order valence-electron chi connectivity index (χ0n) is 15.5. The van der Waals surface area contributed by atoms with Gasteiger partial charge in [0.25, 0.3) is 11.6 Å². The molecule has 2 amide bonds. The molecule has 28 heavy (non-hydrogen) atoms. The number of nitrogens with one attached hydrogen (secondary N) is 1. The Balaban J connectivity index is 1.51. The number of hydrogen-bond donors (Lipinski definition) is 1. The molecule has 1 N–H and O–H groups in total. The Morgan fingerprint density at radius 3 is 2.39 bits per heavy atom. The average Bonchev–Trinajstić information content (AvgIpc) is 3.03. The van der Waals surface area contributed by atoms with Crippen LogP contribution in [0.3, 0.4) is 0 Å². The van der Waals surface area contributed by atoms with Crippen molar-refractivity contribution in [3.8, 4) is 5.69 Å². The third-order valence-corrected chi connectivity index (χ3v) is 4.73. The van der Waals surface area contributed by atoms with Gasteiger partial charge in [-0.05, 0) is 31.0 Å². The van der Waals surface area contributed by atoms with Crippen LogP contribution in [0.4, 0.5) is 5.69 Å². The van der Waals surface area contributed by atoms with Crippen molar-refractivity contribution >= 4 is 17.5 Å². The molecule has 2 aromatic rings. The minimum Gasteiger partial charge on any atom is -0.350 e. The number of hydrogen-bond acceptors (Lipinski definition) is 5. The van der Waals surface area contributed by atoms with Gasteiger partial charge < -0.3 is 10.2 Å². The van der Waals surface area contributed by atoms with E-state index in [4.69, 9.17) is 0 Å². The van der Waals surface area contributed by atoms with Crippen molar-refractivity contribution < 1.29 is 14.5 Å². The maximum atomic E-state index is 12.2. The van der Waals surface area contributed by atoms with Gasteiger partial charge >= 0.3 is 0 Å². The van der Waals surface area contributed by atoms with Gasteiger partial charge in [-0.25, -0.2) is 4.68 Å². The highest BCUT2D eigenvalue weighted by atomic mass is 16.6. The normalized spacial score (nSPS) is 14.4. The molecule has 2 heterocycles. The molecule has 0 saturated carbocycles. The molecule has 1 fully saturated rings. The Morgan fingerprint density at radius 2 is 1.75 bits per heavy atom. The summed E-state index contributed by atoms with van der Waals surface area (Å²) < 4.78 is 1.47. The van der Waals surface area contributed by atoms with E-state index in [1.165, 1.54) is 16.8 Å². The second-order valence-electron chi connectivity index (χ2n) is 6.72. The van der Waals surface area contributed by atoms with E-state index in [1.807, 2.05) is 4.90 Å². The summed E-state index contributed by atoms with van der Waals surface area (Å²) in [5.74, 6) is -0.289. The molecule has 0 aliphatic carbocycles. The lowest BCUT2D eigenvalue weighted by Gasteiger charge is -2.20. The van der Waals surface area contributed by atoms with E-state index in [2.05, 4.69) is 10.4 Å². The van der Waals surface area contributed by atoms with Crippen molar-refractivity contribution in [1.82, 2.24) is 20.0 Å². The number of carbonyl (C=O) groups excluding carboxylic acids is 2. The van der Waals surface area contributed by atoms with E-state index in [-0.39, 0.29) is 36.2 Å². The number of nitro benzene ring substituents is 1. The Hall–Kier alpha value is -3.23. The fourth-order valence-corrected chi connectivity index (χ4v) is 3.17. The Kier molecular flexibility index (Phi) is 6.36.